The zero-order valence-electron chi connectivity index (χ0n) is 25.0. The first-order valence-corrected chi connectivity index (χ1v) is 12.7. The molecule has 2 aromatic carbocycles. The van der Waals surface area contributed by atoms with Crippen LogP contribution in [0.1, 0.15) is 90.0 Å². The first kappa shape index (κ1) is 36.1. The van der Waals surface area contributed by atoms with Gasteiger partial charge in [0.05, 0.1) is 11.1 Å². The van der Waals surface area contributed by atoms with Crippen molar-refractivity contribution >= 4 is 11.9 Å². The fourth-order valence-corrected chi connectivity index (χ4v) is 3.97. The van der Waals surface area contributed by atoms with Crippen LogP contribution in [-0.4, -0.2) is 22.2 Å². The molecule has 0 bridgehead atoms. The molecule has 4 nitrogen and oxygen atoms in total. The second-order valence-corrected chi connectivity index (χ2v) is 10.6. The Bertz CT molecular complexity index is 1150. The maximum atomic E-state index is 10.2. The van der Waals surface area contributed by atoms with Crippen molar-refractivity contribution in [2.75, 3.05) is 0 Å². The van der Waals surface area contributed by atoms with E-state index < -0.39 is 11.9 Å². The molecular weight excluding hydrogens is 520 g/mol. The first-order chi connectivity index (χ1) is 17.5. The van der Waals surface area contributed by atoms with Crippen molar-refractivity contribution in [2.24, 2.45) is 10.8 Å². The molecule has 0 radical (unpaired) electrons. The first-order valence-electron chi connectivity index (χ1n) is 12.7. The predicted octanol–water partition coefficient (Wildman–Crippen LogP) is 8.99. The number of rotatable bonds is 2. The second-order valence-electron chi connectivity index (χ2n) is 10.6. The van der Waals surface area contributed by atoms with Gasteiger partial charge in [0.1, 0.15) is 0 Å². The normalized spacial score (nSPS) is 16.2. The zero-order valence-corrected chi connectivity index (χ0v) is 26.5. The van der Waals surface area contributed by atoms with Gasteiger partial charge in [0.2, 0.25) is 0 Å². The van der Waals surface area contributed by atoms with Gasteiger partial charge in [-0.05, 0) is 24.3 Å². The van der Waals surface area contributed by atoms with Crippen LogP contribution in [0.3, 0.4) is 0 Å². The molecule has 0 saturated carbocycles. The van der Waals surface area contributed by atoms with Gasteiger partial charge in [0.25, 0.3) is 0 Å². The number of benzene rings is 2. The van der Waals surface area contributed by atoms with Crippen molar-refractivity contribution in [1.29, 1.82) is 0 Å². The standard InChI is InChI=1S/2C10H15.2C7H6O2.Ti/c2*1-7-6-10(4,5)9(3)8(7)2;2*8-7(9)6-4-2-1-3-5-6;/h2*1-5H3;2*1-5H,(H,8,9);/q2*-1;;;+2. The molecule has 2 aliphatic carbocycles. The monoisotopic (exact) mass is 562 g/mol. The minimum atomic E-state index is -0.879. The van der Waals surface area contributed by atoms with E-state index >= 15 is 0 Å². The third kappa shape index (κ3) is 11.0. The van der Waals surface area contributed by atoms with Crippen LogP contribution >= 0.6 is 0 Å². The minimum absolute atomic E-state index is 0. The fraction of sp³-hybridized carbons (Fsp3) is 0.353. The van der Waals surface area contributed by atoms with Gasteiger partial charge in [-0.15, -0.1) is 13.8 Å². The maximum Gasteiger partial charge on any atom is 2.00 e. The third-order valence-corrected chi connectivity index (χ3v) is 7.17. The van der Waals surface area contributed by atoms with Crippen molar-refractivity contribution in [3.05, 3.63) is 117 Å². The fourth-order valence-electron chi connectivity index (χ4n) is 3.97. The number of carbonyl (C=O) groups is 2. The van der Waals surface area contributed by atoms with Gasteiger partial charge < -0.3 is 10.2 Å². The summed E-state index contributed by atoms with van der Waals surface area (Å²) in [5.74, 6) is -1.76. The van der Waals surface area contributed by atoms with Gasteiger partial charge in [-0.3, -0.25) is 12.2 Å². The van der Waals surface area contributed by atoms with Crippen LogP contribution in [0, 0.1) is 23.0 Å². The summed E-state index contributed by atoms with van der Waals surface area (Å²) in [6, 6.07) is 16.6. The van der Waals surface area contributed by atoms with Crippen molar-refractivity contribution in [3.8, 4) is 0 Å². The summed E-state index contributed by atoms with van der Waals surface area (Å²) in [6.07, 6.45) is 6.87. The summed E-state index contributed by atoms with van der Waals surface area (Å²) in [5.41, 5.74) is 9.45. The number of aromatic carboxylic acids is 2. The largest absolute Gasteiger partial charge is 2.00 e. The molecule has 0 aliphatic heterocycles. The summed E-state index contributed by atoms with van der Waals surface area (Å²) in [6.45, 7) is 21.8. The van der Waals surface area contributed by atoms with Crippen LogP contribution < -0.4 is 0 Å². The van der Waals surface area contributed by atoms with Crippen molar-refractivity contribution in [3.63, 3.8) is 0 Å². The molecular formula is C34H42O4Ti. The van der Waals surface area contributed by atoms with Gasteiger partial charge in [-0.1, -0.05) is 103 Å². The van der Waals surface area contributed by atoms with E-state index in [1.807, 2.05) is 0 Å². The molecule has 206 valence electrons. The molecule has 0 heterocycles. The van der Waals surface area contributed by atoms with Gasteiger partial charge in [0, 0.05) is 0 Å². The number of hydrogen-bond donors (Lipinski definition) is 2. The minimum Gasteiger partial charge on any atom is -0.478 e. The Morgan fingerprint density at radius 3 is 0.923 bits per heavy atom. The summed E-state index contributed by atoms with van der Waals surface area (Å²) < 4.78 is 0. The Kier molecular flexibility index (Phi) is 14.4. The number of hydrogen-bond acceptors (Lipinski definition) is 2. The molecule has 0 amide bonds. The molecule has 0 unspecified atom stereocenters. The SMILES string of the molecule is CC1=[C-]C(C)(C)C(C)=C1C.CC1=[C-]C(C)(C)C(C)=C1C.O=C(O)c1ccccc1.O=C(O)c1ccccc1.[Ti+2]. The van der Waals surface area contributed by atoms with Crippen molar-refractivity contribution in [2.45, 2.75) is 69.2 Å². The van der Waals surface area contributed by atoms with Crippen LogP contribution in [-0.2, 0) is 21.7 Å². The van der Waals surface area contributed by atoms with Crippen LogP contribution in [0.2, 0.25) is 0 Å². The molecule has 5 heteroatoms. The van der Waals surface area contributed by atoms with Gasteiger partial charge in [0.15, 0.2) is 0 Å². The van der Waals surface area contributed by atoms with Crippen LogP contribution in [0.4, 0.5) is 0 Å². The molecule has 2 aliphatic rings. The average molecular weight is 563 g/mol. The van der Waals surface area contributed by atoms with E-state index in [1.165, 1.54) is 33.4 Å². The number of allylic oxidation sites excluding steroid dienone is 8. The molecule has 39 heavy (non-hydrogen) atoms. The van der Waals surface area contributed by atoms with Gasteiger partial charge >= 0.3 is 33.7 Å². The molecule has 2 aromatic rings. The molecule has 0 atom stereocenters. The maximum absolute atomic E-state index is 10.2. The molecule has 2 N–H and O–H groups in total. The van der Waals surface area contributed by atoms with E-state index in [2.05, 4.69) is 81.4 Å². The second kappa shape index (κ2) is 15.6. The average Bonchev–Trinajstić information content (AvgIpc) is 3.16. The Hall–Kier alpha value is -2.95. The molecule has 0 saturated heterocycles. The van der Waals surface area contributed by atoms with E-state index in [1.54, 1.807) is 60.7 Å². The number of carboxylic acids is 2. The van der Waals surface area contributed by atoms with E-state index in [4.69, 9.17) is 10.2 Å². The van der Waals surface area contributed by atoms with E-state index in [9.17, 15) is 9.59 Å². The number of carboxylic acid groups (broad SMARTS) is 2. The van der Waals surface area contributed by atoms with Crippen LogP contribution in [0.25, 0.3) is 0 Å². The Labute approximate surface area is 250 Å². The summed E-state index contributed by atoms with van der Waals surface area (Å²) in [5, 5.41) is 16.8. The van der Waals surface area contributed by atoms with Gasteiger partial charge in [-0.2, -0.15) is 22.3 Å². The van der Waals surface area contributed by atoms with Crippen LogP contribution in [0.15, 0.2) is 94.1 Å². The Balaban J connectivity index is 0.000000490. The summed E-state index contributed by atoms with van der Waals surface area (Å²) in [7, 11) is 0. The zero-order chi connectivity index (χ0) is 29.3. The van der Waals surface area contributed by atoms with Gasteiger partial charge in [-0.25, -0.2) is 20.7 Å². The van der Waals surface area contributed by atoms with Crippen molar-refractivity contribution in [1.82, 2.24) is 0 Å². The quantitative estimate of drug-likeness (QED) is 0.283. The molecule has 0 spiro atoms. The molecule has 0 aromatic heterocycles. The van der Waals surface area contributed by atoms with E-state index in [0.717, 1.165) is 0 Å². The predicted molar refractivity (Wildman–Crippen MR) is 156 cm³/mol. The Morgan fingerprint density at radius 2 is 0.821 bits per heavy atom. The topological polar surface area (TPSA) is 74.6 Å². The molecule has 0 fully saturated rings. The summed E-state index contributed by atoms with van der Waals surface area (Å²) >= 11 is 0. The van der Waals surface area contributed by atoms with Crippen LogP contribution in [0.5, 0.6) is 0 Å². The molecule has 4 rings (SSSR count). The summed E-state index contributed by atoms with van der Waals surface area (Å²) in [4.78, 5) is 20.4. The van der Waals surface area contributed by atoms with Crippen molar-refractivity contribution < 1.29 is 41.5 Å². The van der Waals surface area contributed by atoms with E-state index in [-0.39, 0.29) is 32.5 Å². The smallest absolute Gasteiger partial charge is 0.478 e. The third-order valence-electron chi connectivity index (χ3n) is 7.17. The van der Waals surface area contributed by atoms with E-state index in [0.29, 0.717) is 11.1 Å². The Morgan fingerprint density at radius 1 is 0.564 bits per heavy atom.